The third kappa shape index (κ3) is 5.47. The number of hydrogen-bond acceptors (Lipinski definition) is 5. The second kappa shape index (κ2) is 9.33. The molecule has 3 aromatic rings. The molecule has 35 heavy (non-hydrogen) atoms. The summed E-state index contributed by atoms with van der Waals surface area (Å²) >= 11 is 3.01. The lowest BCUT2D eigenvalue weighted by Gasteiger charge is -2.16. The fraction of sp³-hybridized carbons (Fsp3) is 0.304. The van der Waals surface area contributed by atoms with Gasteiger partial charge in [-0.2, -0.15) is 18.3 Å². The van der Waals surface area contributed by atoms with Crippen molar-refractivity contribution in [2.24, 2.45) is 0 Å². The van der Waals surface area contributed by atoms with Crippen LogP contribution in [-0.4, -0.2) is 20.6 Å². The molecular weight excluding hydrogens is 533 g/mol. The predicted molar refractivity (Wildman–Crippen MR) is 125 cm³/mol. The molecule has 1 aromatic heterocycles. The summed E-state index contributed by atoms with van der Waals surface area (Å²) in [5, 5.41) is 17.7. The minimum atomic E-state index is -4.69. The molecule has 1 heterocycles. The van der Waals surface area contributed by atoms with Crippen molar-refractivity contribution in [2.45, 2.75) is 44.8 Å². The SMILES string of the molecule is Cc1cccc(Oc2cc(NC(=O)C(C)n3nc(C(F)(F)F)c(Br)c3C3CC3)cc([N+](=O)[O-])c2)c1. The minimum Gasteiger partial charge on any atom is -0.457 e. The van der Waals surface area contributed by atoms with Crippen molar-refractivity contribution in [3.8, 4) is 11.5 Å². The van der Waals surface area contributed by atoms with Crippen LogP contribution >= 0.6 is 15.9 Å². The lowest BCUT2D eigenvalue weighted by molar-refractivity contribution is -0.384. The lowest BCUT2D eigenvalue weighted by atomic mass is 10.2. The maximum Gasteiger partial charge on any atom is 0.436 e. The molecule has 12 heteroatoms. The Hall–Kier alpha value is -3.41. The maximum absolute atomic E-state index is 13.4. The van der Waals surface area contributed by atoms with Gasteiger partial charge in [-0.3, -0.25) is 19.6 Å². The van der Waals surface area contributed by atoms with E-state index in [2.05, 4.69) is 26.3 Å². The standard InChI is InChI=1S/C23H20BrF3N4O4/c1-12-4-3-5-17(8-12)35-18-10-15(9-16(11-18)31(33)34)28-22(32)13(2)30-20(14-6-7-14)19(24)21(29-30)23(25,26)27/h3-5,8-11,13-14H,6-7H2,1-2H3,(H,28,32). The molecule has 184 valence electrons. The molecule has 4 rings (SSSR count). The number of carbonyl (C=O) groups is 1. The van der Waals surface area contributed by atoms with E-state index in [-0.39, 0.29) is 27.5 Å². The number of nitrogens with one attached hydrogen (secondary N) is 1. The Kier molecular flexibility index (Phi) is 6.58. The maximum atomic E-state index is 13.4. The van der Waals surface area contributed by atoms with E-state index in [1.165, 1.54) is 19.1 Å². The van der Waals surface area contributed by atoms with Crippen LogP contribution in [-0.2, 0) is 11.0 Å². The molecule has 2 aromatic carbocycles. The number of hydrogen-bond donors (Lipinski definition) is 1. The predicted octanol–water partition coefficient (Wildman–Crippen LogP) is 6.75. The van der Waals surface area contributed by atoms with Crippen LogP contribution < -0.4 is 10.1 Å². The molecule has 0 saturated heterocycles. The van der Waals surface area contributed by atoms with Gasteiger partial charge in [0.1, 0.15) is 17.5 Å². The first-order valence-corrected chi connectivity index (χ1v) is 11.4. The van der Waals surface area contributed by atoms with Crippen molar-refractivity contribution in [1.29, 1.82) is 0 Å². The monoisotopic (exact) mass is 552 g/mol. The van der Waals surface area contributed by atoms with Crippen molar-refractivity contribution in [3.05, 3.63) is 74.0 Å². The Balaban J connectivity index is 1.62. The van der Waals surface area contributed by atoms with Gasteiger partial charge < -0.3 is 10.1 Å². The smallest absolute Gasteiger partial charge is 0.436 e. The van der Waals surface area contributed by atoms with Gasteiger partial charge in [-0.25, -0.2) is 0 Å². The van der Waals surface area contributed by atoms with Crippen molar-refractivity contribution in [2.75, 3.05) is 5.32 Å². The van der Waals surface area contributed by atoms with Crippen molar-refractivity contribution in [1.82, 2.24) is 9.78 Å². The Bertz CT molecular complexity index is 1300. The topological polar surface area (TPSA) is 99.3 Å². The summed E-state index contributed by atoms with van der Waals surface area (Å²) in [6.07, 6.45) is -3.30. The van der Waals surface area contributed by atoms with Gasteiger partial charge >= 0.3 is 6.18 Å². The van der Waals surface area contributed by atoms with Crippen LogP contribution in [0.4, 0.5) is 24.5 Å². The summed E-state index contributed by atoms with van der Waals surface area (Å²) in [6, 6.07) is 9.71. The summed E-state index contributed by atoms with van der Waals surface area (Å²) < 4.78 is 46.9. The number of nitro benzene ring substituents is 1. The third-order valence-electron chi connectivity index (χ3n) is 5.46. The molecule has 0 radical (unpaired) electrons. The van der Waals surface area contributed by atoms with Gasteiger partial charge in [-0.05, 0) is 60.3 Å². The molecule has 8 nitrogen and oxygen atoms in total. The number of alkyl halides is 3. The van der Waals surface area contributed by atoms with Gasteiger partial charge in [-0.1, -0.05) is 12.1 Å². The summed E-state index contributed by atoms with van der Waals surface area (Å²) in [5.74, 6) is -0.244. The average Bonchev–Trinajstić information content (AvgIpc) is 3.53. The Labute approximate surface area is 206 Å². The second-order valence-corrected chi connectivity index (χ2v) is 9.11. The highest BCUT2D eigenvalue weighted by Crippen LogP contribution is 2.47. The fourth-order valence-electron chi connectivity index (χ4n) is 3.62. The largest absolute Gasteiger partial charge is 0.457 e. The number of anilines is 1. The summed E-state index contributed by atoms with van der Waals surface area (Å²) in [5.41, 5.74) is -0.122. The molecule has 1 aliphatic carbocycles. The Morgan fingerprint density at radius 1 is 1.26 bits per heavy atom. The van der Waals surface area contributed by atoms with Crippen molar-refractivity contribution < 1.29 is 27.6 Å². The number of carbonyl (C=O) groups excluding carboxylic acids is 1. The molecule has 0 spiro atoms. The van der Waals surface area contributed by atoms with E-state index >= 15 is 0 Å². The molecular formula is C23H20BrF3N4O4. The number of aromatic nitrogens is 2. The van der Waals surface area contributed by atoms with Crippen LogP contribution in [0.2, 0.25) is 0 Å². The lowest BCUT2D eigenvalue weighted by Crippen LogP contribution is -2.26. The highest BCUT2D eigenvalue weighted by molar-refractivity contribution is 9.10. The van der Waals surface area contributed by atoms with Gasteiger partial charge in [0.2, 0.25) is 5.91 Å². The van der Waals surface area contributed by atoms with E-state index < -0.39 is 28.7 Å². The number of benzene rings is 2. The number of non-ortho nitro benzene ring substituents is 1. The summed E-state index contributed by atoms with van der Waals surface area (Å²) in [7, 11) is 0. The number of nitro groups is 1. The van der Waals surface area contributed by atoms with Crippen LogP contribution in [0.25, 0.3) is 0 Å². The van der Waals surface area contributed by atoms with Crippen LogP contribution in [0.5, 0.6) is 11.5 Å². The van der Waals surface area contributed by atoms with E-state index in [0.717, 1.165) is 16.3 Å². The van der Waals surface area contributed by atoms with Gasteiger partial charge in [0, 0.05) is 18.1 Å². The zero-order valence-corrected chi connectivity index (χ0v) is 20.2. The van der Waals surface area contributed by atoms with E-state index in [1.807, 2.05) is 13.0 Å². The first-order chi connectivity index (χ1) is 16.4. The molecule has 1 unspecified atom stereocenters. The van der Waals surface area contributed by atoms with E-state index in [4.69, 9.17) is 4.74 Å². The molecule has 1 amide bonds. The summed E-state index contributed by atoms with van der Waals surface area (Å²) in [4.78, 5) is 23.8. The third-order valence-corrected chi connectivity index (χ3v) is 6.24. The molecule has 1 atom stereocenters. The Morgan fingerprint density at radius 2 is 1.97 bits per heavy atom. The van der Waals surface area contributed by atoms with Crippen LogP contribution in [0.3, 0.4) is 0 Å². The number of aryl methyl sites for hydroxylation is 1. The molecule has 0 bridgehead atoms. The van der Waals surface area contributed by atoms with Crippen molar-refractivity contribution in [3.63, 3.8) is 0 Å². The van der Waals surface area contributed by atoms with Gasteiger partial charge in [0.05, 0.1) is 26.8 Å². The molecule has 1 saturated carbocycles. The highest BCUT2D eigenvalue weighted by Gasteiger charge is 2.43. The normalized spacial score (nSPS) is 14.5. The van der Waals surface area contributed by atoms with Crippen molar-refractivity contribution >= 4 is 33.2 Å². The molecule has 1 aliphatic rings. The van der Waals surface area contributed by atoms with Gasteiger partial charge in [-0.15, -0.1) is 0 Å². The van der Waals surface area contributed by atoms with E-state index in [9.17, 15) is 28.1 Å². The molecule has 1 fully saturated rings. The van der Waals surface area contributed by atoms with Crippen LogP contribution in [0.15, 0.2) is 46.9 Å². The minimum absolute atomic E-state index is 0.0638. The number of halogens is 4. The van der Waals surface area contributed by atoms with Crippen LogP contribution in [0.1, 0.15) is 48.7 Å². The number of amides is 1. The fourth-order valence-corrected chi connectivity index (χ4v) is 4.43. The molecule has 1 N–H and O–H groups in total. The first-order valence-electron chi connectivity index (χ1n) is 10.6. The van der Waals surface area contributed by atoms with E-state index in [0.29, 0.717) is 24.3 Å². The quantitative estimate of drug-likeness (QED) is 0.258. The van der Waals surface area contributed by atoms with Gasteiger partial charge in [0.25, 0.3) is 5.69 Å². The number of nitrogens with zero attached hydrogens (tertiary/aromatic N) is 3. The zero-order valence-electron chi connectivity index (χ0n) is 18.6. The summed E-state index contributed by atoms with van der Waals surface area (Å²) in [6.45, 7) is 3.28. The van der Waals surface area contributed by atoms with E-state index in [1.54, 1.807) is 18.2 Å². The number of rotatable bonds is 7. The molecule has 0 aliphatic heterocycles. The van der Waals surface area contributed by atoms with Crippen LogP contribution in [0, 0.1) is 17.0 Å². The number of ether oxygens (including phenoxy) is 1. The average molecular weight is 553 g/mol. The van der Waals surface area contributed by atoms with Gasteiger partial charge in [0.15, 0.2) is 5.69 Å². The Morgan fingerprint density at radius 3 is 2.57 bits per heavy atom. The first kappa shape index (κ1) is 24.7. The zero-order chi connectivity index (χ0) is 25.5. The second-order valence-electron chi connectivity index (χ2n) is 8.32. The highest BCUT2D eigenvalue weighted by atomic mass is 79.9.